The quantitative estimate of drug-likeness (QED) is 0.366. The van der Waals surface area contributed by atoms with Gasteiger partial charge in [-0.1, -0.05) is 18.5 Å². The molecule has 0 saturated carbocycles. The number of nitrogens with one attached hydrogen (secondary N) is 1. The molecule has 11 heteroatoms. The normalized spacial score (nSPS) is 18.7. The SMILES string of the molecule is CCCN1CCCC1C(=O)N(C(C)C)C1CCN(c2nc(Nc3ccc(Cl)cc3F)c3cnn(CC)c3n2)CC1. The topological polar surface area (TPSA) is 82.4 Å². The highest BCUT2D eigenvalue weighted by molar-refractivity contribution is 6.30. The number of hydrogen-bond donors (Lipinski definition) is 1. The van der Waals surface area contributed by atoms with Crippen molar-refractivity contribution in [2.75, 3.05) is 36.4 Å². The van der Waals surface area contributed by atoms with Crippen molar-refractivity contribution < 1.29 is 9.18 Å². The highest BCUT2D eigenvalue weighted by Gasteiger charge is 2.38. The summed E-state index contributed by atoms with van der Waals surface area (Å²) in [5.41, 5.74) is 0.983. The van der Waals surface area contributed by atoms with Crippen LogP contribution in [0.5, 0.6) is 0 Å². The fraction of sp³-hybridized carbons (Fsp3) is 0.586. The maximum absolute atomic E-state index is 14.6. The molecule has 9 nitrogen and oxygen atoms in total. The van der Waals surface area contributed by atoms with Crippen LogP contribution < -0.4 is 10.2 Å². The lowest BCUT2D eigenvalue weighted by Crippen LogP contribution is -2.55. The molecule has 0 radical (unpaired) electrons. The van der Waals surface area contributed by atoms with Crippen molar-refractivity contribution in [2.24, 2.45) is 0 Å². The van der Waals surface area contributed by atoms with E-state index in [9.17, 15) is 9.18 Å². The van der Waals surface area contributed by atoms with Crippen LogP contribution in [0, 0.1) is 5.82 Å². The third-order valence-corrected chi connectivity index (χ3v) is 8.31. The molecule has 1 amide bonds. The number of benzene rings is 1. The van der Waals surface area contributed by atoms with Crippen LogP contribution in [0.4, 0.5) is 21.8 Å². The van der Waals surface area contributed by atoms with Gasteiger partial charge in [0.2, 0.25) is 11.9 Å². The van der Waals surface area contributed by atoms with Gasteiger partial charge in [-0.2, -0.15) is 15.1 Å². The lowest BCUT2D eigenvalue weighted by Gasteiger charge is -2.42. The van der Waals surface area contributed by atoms with Crippen LogP contribution in [0.1, 0.15) is 59.8 Å². The van der Waals surface area contributed by atoms with Crippen molar-refractivity contribution in [2.45, 2.75) is 84.5 Å². The molecule has 2 aliphatic heterocycles. The van der Waals surface area contributed by atoms with Crippen molar-refractivity contribution in [1.82, 2.24) is 29.5 Å². The summed E-state index contributed by atoms with van der Waals surface area (Å²) in [7, 11) is 0. The van der Waals surface area contributed by atoms with Crippen LogP contribution >= 0.6 is 11.6 Å². The monoisotopic (exact) mass is 570 g/mol. The van der Waals surface area contributed by atoms with Crippen LogP contribution in [0.25, 0.3) is 11.0 Å². The van der Waals surface area contributed by atoms with Crippen molar-refractivity contribution in [1.29, 1.82) is 0 Å². The van der Waals surface area contributed by atoms with E-state index in [2.05, 4.69) is 45.9 Å². The molecule has 2 fully saturated rings. The molecule has 1 unspecified atom stereocenters. The van der Waals surface area contributed by atoms with Crippen LogP contribution in [0.15, 0.2) is 24.4 Å². The van der Waals surface area contributed by atoms with Gasteiger partial charge in [-0.25, -0.2) is 9.07 Å². The van der Waals surface area contributed by atoms with Crippen molar-refractivity contribution in [3.8, 4) is 0 Å². The standard InChI is InChI=1S/C29H40ClFN8O/c1-5-13-36-14-7-8-25(36)28(40)39(19(3)4)21-11-15-37(16-12-21)29-34-26(22-18-32-38(6-2)27(22)35-29)33-24-10-9-20(30)17-23(24)31/h9-10,17-19,21,25H,5-8,11-16H2,1-4H3,(H,33,34,35). The van der Waals surface area contributed by atoms with Gasteiger partial charge in [0.15, 0.2) is 5.65 Å². The Kier molecular flexibility index (Phi) is 8.75. The number of piperidine rings is 1. The molecule has 0 aliphatic carbocycles. The van der Waals surface area contributed by atoms with E-state index in [1.165, 1.54) is 6.07 Å². The molecule has 1 aromatic carbocycles. The molecule has 4 heterocycles. The third kappa shape index (κ3) is 5.74. The number of carbonyl (C=O) groups excluding carboxylic acids is 1. The lowest BCUT2D eigenvalue weighted by atomic mass is 10.00. The molecule has 0 spiro atoms. The number of fused-ring (bicyclic) bond motifs is 1. The number of likely N-dealkylation sites (tertiary alicyclic amines) is 1. The van der Waals surface area contributed by atoms with Gasteiger partial charge < -0.3 is 15.1 Å². The summed E-state index contributed by atoms with van der Waals surface area (Å²) in [6, 6.07) is 4.84. The molecule has 1 atom stereocenters. The maximum Gasteiger partial charge on any atom is 0.240 e. The van der Waals surface area contributed by atoms with Gasteiger partial charge in [-0.3, -0.25) is 9.69 Å². The van der Waals surface area contributed by atoms with E-state index in [-0.39, 0.29) is 29.7 Å². The fourth-order valence-electron chi connectivity index (χ4n) is 6.16. The van der Waals surface area contributed by atoms with E-state index in [0.717, 1.165) is 63.7 Å². The van der Waals surface area contributed by atoms with Crippen molar-refractivity contribution in [3.05, 3.63) is 35.2 Å². The Hall–Kier alpha value is -2.98. The Morgan fingerprint density at radius 3 is 2.62 bits per heavy atom. The van der Waals surface area contributed by atoms with Gasteiger partial charge in [-0.05, 0) is 84.2 Å². The number of anilines is 3. The number of aromatic nitrogens is 4. The van der Waals surface area contributed by atoms with Gasteiger partial charge in [0, 0.05) is 36.7 Å². The molecule has 2 aromatic heterocycles. The molecule has 2 aliphatic rings. The predicted octanol–water partition coefficient (Wildman–Crippen LogP) is 5.46. The van der Waals surface area contributed by atoms with Crippen molar-refractivity contribution in [3.63, 3.8) is 0 Å². The minimum atomic E-state index is -0.456. The largest absolute Gasteiger partial charge is 0.341 e. The molecule has 40 heavy (non-hydrogen) atoms. The number of rotatable bonds is 9. The second kappa shape index (κ2) is 12.3. The van der Waals surface area contributed by atoms with Gasteiger partial charge in [-0.15, -0.1) is 0 Å². The molecule has 3 aromatic rings. The molecule has 216 valence electrons. The average molecular weight is 571 g/mol. The zero-order valence-corrected chi connectivity index (χ0v) is 24.7. The summed E-state index contributed by atoms with van der Waals surface area (Å²) in [5, 5.41) is 8.66. The number of halogens is 2. The fourth-order valence-corrected chi connectivity index (χ4v) is 6.32. The Morgan fingerprint density at radius 2 is 1.95 bits per heavy atom. The van der Waals surface area contributed by atoms with E-state index in [1.807, 2.05) is 11.6 Å². The zero-order chi connectivity index (χ0) is 28.4. The summed E-state index contributed by atoms with van der Waals surface area (Å²) in [4.78, 5) is 30.1. The summed E-state index contributed by atoms with van der Waals surface area (Å²) < 4.78 is 16.5. The lowest BCUT2D eigenvalue weighted by molar-refractivity contribution is -0.141. The first-order valence-electron chi connectivity index (χ1n) is 14.6. The first-order chi connectivity index (χ1) is 19.3. The first-order valence-corrected chi connectivity index (χ1v) is 14.9. The van der Waals surface area contributed by atoms with Crippen LogP contribution in [0.2, 0.25) is 5.02 Å². The number of aryl methyl sites for hydroxylation is 1. The molecule has 5 rings (SSSR count). The maximum atomic E-state index is 14.6. The molecule has 1 N–H and O–H groups in total. The Morgan fingerprint density at radius 1 is 1.18 bits per heavy atom. The predicted molar refractivity (Wildman–Crippen MR) is 158 cm³/mol. The molecular formula is C29H40ClFN8O. The number of nitrogens with zero attached hydrogens (tertiary/aromatic N) is 7. The minimum absolute atomic E-state index is 0.00217. The Bertz CT molecular complexity index is 1340. The molecule has 2 saturated heterocycles. The second-order valence-electron chi connectivity index (χ2n) is 11.1. The zero-order valence-electron chi connectivity index (χ0n) is 23.9. The van der Waals surface area contributed by atoms with E-state index in [4.69, 9.17) is 21.6 Å². The molecular weight excluding hydrogens is 531 g/mol. The molecule has 0 bridgehead atoms. The van der Waals surface area contributed by atoms with Gasteiger partial charge in [0.25, 0.3) is 0 Å². The smallest absolute Gasteiger partial charge is 0.240 e. The van der Waals surface area contributed by atoms with Crippen molar-refractivity contribution >= 4 is 46.0 Å². The minimum Gasteiger partial charge on any atom is -0.341 e. The van der Waals surface area contributed by atoms with Crippen LogP contribution in [-0.2, 0) is 11.3 Å². The van der Waals surface area contributed by atoms with E-state index in [0.29, 0.717) is 29.0 Å². The summed E-state index contributed by atoms with van der Waals surface area (Å²) in [6.45, 7) is 12.5. The number of carbonyl (C=O) groups is 1. The van der Waals surface area contributed by atoms with E-state index < -0.39 is 5.82 Å². The number of hydrogen-bond acceptors (Lipinski definition) is 7. The summed E-state index contributed by atoms with van der Waals surface area (Å²) in [6.07, 6.45) is 6.49. The highest BCUT2D eigenvalue weighted by atomic mass is 35.5. The highest BCUT2D eigenvalue weighted by Crippen LogP contribution is 2.31. The first kappa shape index (κ1) is 28.5. The van der Waals surface area contributed by atoms with Gasteiger partial charge >= 0.3 is 0 Å². The van der Waals surface area contributed by atoms with E-state index in [1.54, 1.807) is 18.3 Å². The van der Waals surface area contributed by atoms with Gasteiger partial charge in [0.05, 0.1) is 23.3 Å². The Balaban J connectivity index is 1.36. The average Bonchev–Trinajstić information content (AvgIpc) is 3.57. The van der Waals surface area contributed by atoms with Crippen LogP contribution in [0.3, 0.4) is 0 Å². The number of amides is 1. The third-order valence-electron chi connectivity index (χ3n) is 8.08. The van der Waals surface area contributed by atoms with E-state index >= 15 is 0 Å². The summed E-state index contributed by atoms with van der Waals surface area (Å²) in [5.74, 6) is 0.896. The second-order valence-corrected chi connectivity index (χ2v) is 11.5. The van der Waals surface area contributed by atoms with Crippen LogP contribution in [-0.4, -0.2) is 79.8 Å². The Labute approximate surface area is 240 Å². The summed E-state index contributed by atoms with van der Waals surface area (Å²) >= 11 is 5.95. The van der Waals surface area contributed by atoms with Gasteiger partial charge in [0.1, 0.15) is 11.6 Å².